The maximum Gasteiger partial charge on any atom is 0.573 e. The first-order valence-electron chi connectivity index (χ1n) is 5.46. The van der Waals surface area contributed by atoms with Crippen molar-refractivity contribution < 1.29 is 40.6 Å². The van der Waals surface area contributed by atoms with Crippen LogP contribution in [0.1, 0.15) is 17.0 Å². The number of pyridine rings is 1. The number of carbonyl (C=O) groups is 1. The lowest BCUT2D eigenvalue weighted by molar-refractivity contribution is -0.275. The van der Waals surface area contributed by atoms with Gasteiger partial charge in [0.1, 0.15) is 5.75 Å². The average molecular weight is 396 g/mol. The van der Waals surface area contributed by atoms with Gasteiger partial charge in [0.15, 0.2) is 5.69 Å². The summed E-state index contributed by atoms with van der Waals surface area (Å²) in [6.45, 7) is 0. The zero-order chi connectivity index (χ0) is 17.1. The Morgan fingerprint density at radius 2 is 1.86 bits per heavy atom. The number of esters is 1. The van der Waals surface area contributed by atoms with E-state index < -0.39 is 53.0 Å². The summed E-state index contributed by atoms with van der Waals surface area (Å²) in [7, 11) is 0.979. The largest absolute Gasteiger partial charge is 0.573 e. The number of halogens is 7. The van der Waals surface area contributed by atoms with Crippen LogP contribution in [0.5, 0.6) is 5.75 Å². The Balaban J connectivity index is 3.44. The minimum absolute atomic E-state index is 0.553. The van der Waals surface area contributed by atoms with E-state index in [1.807, 2.05) is 0 Å². The Bertz CT molecular complexity index is 558. The molecule has 22 heavy (non-hydrogen) atoms. The molecule has 0 aliphatic heterocycles. The smallest absolute Gasteiger partial charge is 0.469 e. The molecule has 0 N–H and O–H groups in total. The number of nitrogens with zero attached hydrogens (tertiary/aromatic N) is 1. The van der Waals surface area contributed by atoms with Crippen LogP contribution in [0, 0.1) is 0 Å². The number of aromatic nitrogens is 1. The Labute approximate surface area is 128 Å². The van der Waals surface area contributed by atoms with Crippen LogP contribution in [0.15, 0.2) is 6.07 Å². The lowest BCUT2D eigenvalue weighted by atomic mass is 10.1. The van der Waals surface area contributed by atoms with Crippen LogP contribution in [0.25, 0.3) is 0 Å². The van der Waals surface area contributed by atoms with Crippen LogP contribution in [0.3, 0.4) is 0 Å². The minimum Gasteiger partial charge on any atom is -0.469 e. The van der Waals surface area contributed by atoms with Crippen molar-refractivity contribution in [2.75, 3.05) is 7.11 Å². The number of alkyl halides is 7. The van der Waals surface area contributed by atoms with Gasteiger partial charge in [-0.2, -0.15) is 13.2 Å². The molecule has 1 rings (SSSR count). The molecule has 1 heterocycles. The molecule has 0 saturated carbocycles. The molecule has 0 aromatic carbocycles. The van der Waals surface area contributed by atoms with Crippen molar-refractivity contribution in [3.05, 3.63) is 23.0 Å². The lowest BCUT2D eigenvalue weighted by Crippen LogP contribution is -2.21. The Morgan fingerprint density at radius 1 is 1.27 bits per heavy atom. The highest BCUT2D eigenvalue weighted by atomic mass is 79.9. The molecule has 0 spiro atoms. The quantitative estimate of drug-likeness (QED) is 0.444. The number of methoxy groups -OCH3 is 1. The first-order chi connectivity index (χ1) is 9.97. The van der Waals surface area contributed by atoms with Crippen molar-refractivity contribution in [3.63, 3.8) is 0 Å². The molecule has 0 fully saturated rings. The second-order valence-corrected chi connectivity index (χ2v) is 4.43. The molecule has 124 valence electrons. The predicted octanol–water partition coefficient (Wildman–Crippen LogP) is 3.61. The first kappa shape index (κ1) is 18.5. The normalized spacial score (nSPS) is 12.2. The summed E-state index contributed by atoms with van der Waals surface area (Å²) in [6.07, 6.45) is -10.9. The van der Waals surface area contributed by atoms with E-state index in [1.165, 1.54) is 0 Å². The molecular formula is C11H8BrF6NO3. The van der Waals surface area contributed by atoms with Gasteiger partial charge in [-0.05, 0) is 0 Å². The van der Waals surface area contributed by atoms with Crippen LogP contribution < -0.4 is 4.74 Å². The van der Waals surface area contributed by atoms with Crippen molar-refractivity contribution in [2.45, 2.75) is 24.3 Å². The van der Waals surface area contributed by atoms with Crippen LogP contribution in [0.2, 0.25) is 0 Å². The molecule has 0 bridgehead atoms. The predicted molar refractivity (Wildman–Crippen MR) is 64.3 cm³/mol. The van der Waals surface area contributed by atoms with Crippen LogP contribution in [-0.4, -0.2) is 24.4 Å². The molecule has 0 saturated heterocycles. The van der Waals surface area contributed by atoms with Crippen LogP contribution >= 0.6 is 15.9 Å². The van der Waals surface area contributed by atoms with Gasteiger partial charge in [0.25, 0.3) is 0 Å². The van der Waals surface area contributed by atoms with Gasteiger partial charge in [0.05, 0.1) is 19.2 Å². The van der Waals surface area contributed by atoms with Gasteiger partial charge in [0, 0.05) is 17.0 Å². The summed E-state index contributed by atoms with van der Waals surface area (Å²) in [6, 6.07) is 0.621. The van der Waals surface area contributed by atoms with E-state index >= 15 is 0 Å². The van der Waals surface area contributed by atoms with E-state index in [9.17, 15) is 31.1 Å². The maximum absolute atomic E-state index is 12.9. The number of rotatable bonds is 4. The van der Waals surface area contributed by atoms with Crippen LogP contribution in [-0.2, 0) is 27.5 Å². The van der Waals surface area contributed by atoms with E-state index in [0.717, 1.165) is 7.11 Å². The van der Waals surface area contributed by atoms with Gasteiger partial charge in [-0.3, -0.25) is 4.79 Å². The number of ether oxygens (including phenoxy) is 2. The molecule has 1 aromatic heterocycles. The Morgan fingerprint density at radius 3 is 2.27 bits per heavy atom. The van der Waals surface area contributed by atoms with Gasteiger partial charge in [-0.1, -0.05) is 15.9 Å². The average Bonchev–Trinajstić information content (AvgIpc) is 2.35. The molecule has 0 aliphatic rings. The topological polar surface area (TPSA) is 48.4 Å². The highest BCUT2D eigenvalue weighted by molar-refractivity contribution is 9.08. The fraction of sp³-hybridized carbons (Fsp3) is 0.455. The molecule has 0 atom stereocenters. The molecule has 0 unspecified atom stereocenters. The standard InChI is InChI=1S/C11H8BrF6NO3/c1-21-8(20)3-5-2-7(22-11(16,17)18)6(4-12)9(19-5)10(13,14)15/h2H,3-4H2,1H3. The van der Waals surface area contributed by atoms with Gasteiger partial charge >= 0.3 is 18.5 Å². The number of hydrogen-bond acceptors (Lipinski definition) is 4. The third kappa shape index (κ3) is 5.04. The summed E-state index contributed by atoms with van der Waals surface area (Å²) >= 11 is 2.67. The van der Waals surface area contributed by atoms with Crippen molar-refractivity contribution in [3.8, 4) is 5.75 Å². The highest BCUT2D eigenvalue weighted by Gasteiger charge is 2.39. The molecular weight excluding hydrogens is 388 g/mol. The van der Waals surface area contributed by atoms with Gasteiger partial charge in [0.2, 0.25) is 0 Å². The van der Waals surface area contributed by atoms with E-state index in [0.29, 0.717) is 6.07 Å². The second-order valence-electron chi connectivity index (χ2n) is 3.87. The molecule has 4 nitrogen and oxygen atoms in total. The van der Waals surface area contributed by atoms with E-state index in [-0.39, 0.29) is 0 Å². The minimum atomic E-state index is -5.19. The first-order valence-corrected chi connectivity index (χ1v) is 6.58. The Hall–Kier alpha value is -1.52. The van der Waals surface area contributed by atoms with E-state index in [2.05, 4.69) is 30.4 Å². The highest BCUT2D eigenvalue weighted by Crippen LogP contribution is 2.38. The summed E-state index contributed by atoms with van der Waals surface area (Å²) in [5, 5.41) is -0.571. The van der Waals surface area contributed by atoms with Gasteiger partial charge in [-0.15, -0.1) is 13.2 Å². The SMILES string of the molecule is COC(=O)Cc1cc(OC(F)(F)F)c(CBr)c(C(F)(F)F)n1. The fourth-order valence-electron chi connectivity index (χ4n) is 1.49. The van der Waals surface area contributed by atoms with Crippen molar-refractivity contribution in [2.24, 2.45) is 0 Å². The summed E-state index contributed by atoms with van der Waals surface area (Å²) < 4.78 is 83.5. The molecule has 11 heteroatoms. The molecule has 0 amide bonds. The molecule has 0 radical (unpaired) electrons. The summed E-state index contributed by atoms with van der Waals surface area (Å²) in [5.74, 6) is -2.03. The van der Waals surface area contributed by atoms with Crippen LogP contribution in [0.4, 0.5) is 26.3 Å². The maximum atomic E-state index is 12.9. The zero-order valence-corrected chi connectivity index (χ0v) is 12.4. The van der Waals surface area contributed by atoms with Gasteiger partial charge < -0.3 is 9.47 Å². The van der Waals surface area contributed by atoms with Crippen molar-refractivity contribution >= 4 is 21.9 Å². The lowest BCUT2D eigenvalue weighted by Gasteiger charge is -2.17. The third-order valence-electron chi connectivity index (χ3n) is 2.32. The van der Waals surface area contributed by atoms with Gasteiger partial charge in [-0.25, -0.2) is 4.98 Å². The fourth-order valence-corrected chi connectivity index (χ4v) is 2.03. The Kier molecular flexibility index (Phi) is 5.65. The van der Waals surface area contributed by atoms with E-state index in [4.69, 9.17) is 0 Å². The second kappa shape index (κ2) is 6.71. The third-order valence-corrected chi connectivity index (χ3v) is 2.88. The zero-order valence-electron chi connectivity index (χ0n) is 10.8. The van der Waals surface area contributed by atoms with Crippen molar-refractivity contribution in [1.82, 2.24) is 4.98 Å². The molecule has 1 aromatic rings. The monoisotopic (exact) mass is 395 g/mol. The number of carbonyl (C=O) groups excluding carboxylic acids is 1. The summed E-state index contributed by atoms with van der Waals surface area (Å²) in [5.41, 5.74) is -2.94. The molecule has 0 aliphatic carbocycles. The van der Waals surface area contributed by atoms with E-state index in [1.54, 1.807) is 0 Å². The van der Waals surface area contributed by atoms with Crippen molar-refractivity contribution in [1.29, 1.82) is 0 Å². The summed E-state index contributed by atoms with van der Waals surface area (Å²) in [4.78, 5) is 14.3. The number of hydrogen-bond donors (Lipinski definition) is 0.